The lowest BCUT2D eigenvalue weighted by atomic mass is 10.1. The number of fused-ring (bicyclic) bond motifs is 1. The van der Waals surface area contributed by atoms with Gasteiger partial charge in [0.05, 0.1) is 18.0 Å². The summed E-state index contributed by atoms with van der Waals surface area (Å²) in [6.07, 6.45) is -0.907. The van der Waals surface area contributed by atoms with E-state index in [-0.39, 0.29) is 13.0 Å². The van der Waals surface area contributed by atoms with Crippen LogP contribution in [0.4, 0.5) is 27.5 Å². The van der Waals surface area contributed by atoms with Crippen molar-refractivity contribution in [3.8, 4) is 0 Å². The van der Waals surface area contributed by atoms with Crippen LogP contribution < -0.4 is 16.0 Å². The van der Waals surface area contributed by atoms with Gasteiger partial charge < -0.3 is 20.1 Å². The van der Waals surface area contributed by atoms with Gasteiger partial charge in [0.2, 0.25) is 5.91 Å². The van der Waals surface area contributed by atoms with Gasteiger partial charge in [0.25, 0.3) is 0 Å². The second-order valence-electron chi connectivity index (χ2n) is 8.57. The third kappa shape index (κ3) is 6.96. The number of rotatable bonds is 7. The number of hydrogen-bond donors (Lipinski definition) is 3. The van der Waals surface area contributed by atoms with E-state index in [1.807, 2.05) is 36.4 Å². The first-order chi connectivity index (χ1) is 16.1. The molecule has 34 heavy (non-hydrogen) atoms. The van der Waals surface area contributed by atoms with Gasteiger partial charge in [0, 0.05) is 16.8 Å². The van der Waals surface area contributed by atoms with E-state index in [2.05, 4.69) is 16.0 Å². The van der Waals surface area contributed by atoms with Crippen molar-refractivity contribution in [3.63, 3.8) is 0 Å². The Kier molecular flexibility index (Phi) is 7.73. The summed E-state index contributed by atoms with van der Waals surface area (Å²) in [7, 11) is 0. The summed E-state index contributed by atoms with van der Waals surface area (Å²) in [5.74, 6) is -1.04. The number of carbonyl (C=O) groups is 3. The highest BCUT2D eigenvalue weighted by atomic mass is 16.6. The largest absolute Gasteiger partial charge is 0.466 e. The second-order valence-corrected chi connectivity index (χ2v) is 8.57. The molecule has 0 aromatic heterocycles. The van der Waals surface area contributed by atoms with Crippen molar-refractivity contribution in [3.05, 3.63) is 60.7 Å². The van der Waals surface area contributed by atoms with E-state index in [0.717, 1.165) is 16.5 Å². The Morgan fingerprint density at radius 2 is 1.53 bits per heavy atom. The Balaban J connectivity index is 1.80. The van der Waals surface area contributed by atoms with Gasteiger partial charge in [-0.1, -0.05) is 30.3 Å². The van der Waals surface area contributed by atoms with Gasteiger partial charge in [0.1, 0.15) is 12.0 Å². The van der Waals surface area contributed by atoms with Gasteiger partial charge in [-0.2, -0.15) is 0 Å². The Hall–Kier alpha value is -4.07. The Morgan fingerprint density at radius 3 is 2.21 bits per heavy atom. The lowest BCUT2D eigenvalue weighted by molar-refractivity contribution is -0.145. The monoisotopic (exact) mass is 463 g/mol. The number of esters is 1. The lowest BCUT2D eigenvalue weighted by Gasteiger charge is -2.20. The van der Waals surface area contributed by atoms with Crippen molar-refractivity contribution in [2.75, 3.05) is 22.6 Å². The molecule has 8 nitrogen and oxygen atoms in total. The maximum atomic E-state index is 12.5. The van der Waals surface area contributed by atoms with Crippen LogP contribution in [0.25, 0.3) is 10.8 Å². The first-order valence-electron chi connectivity index (χ1n) is 11.0. The third-order valence-electron chi connectivity index (χ3n) is 4.61. The molecule has 0 heterocycles. The summed E-state index contributed by atoms with van der Waals surface area (Å²) in [6, 6.07) is 18.5. The number of anilines is 4. The average Bonchev–Trinajstić information content (AvgIpc) is 2.75. The fourth-order valence-electron chi connectivity index (χ4n) is 3.25. The number of carbonyl (C=O) groups excluding carboxylic acids is 3. The quantitative estimate of drug-likeness (QED) is 0.301. The zero-order chi connectivity index (χ0) is 24.7. The Labute approximate surface area is 198 Å². The summed E-state index contributed by atoms with van der Waals surface area (Å²) in [5.41, 5.74) is 1.95. The van der Waals surface area contributed by atoms with E-state index in [9.17, 15) is 14.4 Å². The van der Waals surface area contributed by atoms with Crippen molar-refractivity contribution >= 4 is 51.5 Å². The Bertz CT molecular complexity index is 1180. The molecule has 0 aliphatic heterocycles. The van der Waals surface area contributed by atoms with E-state index in [1.165, 1.54) is 0 Å². The molecule has 3 rings (SSSR count). The number of hydrogen-bond acceptors (Lipinski definition) is 6. The first kappa shape index (κ1) is 24.6. The molecule has 3 N–H and O–H groups in total. The van der Waals surface area contributed by atoms with Gasteiger partial charge >= 0.3 is 12.1 Å². The minimum atomic E-state index is -0.588. The molecule has 0 unspecified atom stereocenters. The zero-order valence-corrected chi connectivity index (χ0v) is 19.7. The van der Waals surface area contributed by atoms with Gasteiger partial charge in [-0.05, 0) is 63.4 Å². The number of ether oxygens (including phenoxy) is 2. The minimum Gasteiger partial charge on any atom is -0.466 e. The molecule has 0 radical (unpaired) electrons. The molecule has 2 amide bonds. The van der Waals surface area contributed by atoms with E-state index in [0.29, 0.717) is 17.1 Å². The highest BCUT2D eigenvalue weighted by Crippen LogP contribution is 2.34. The van der Waals surface area contributed by atoms with Crippen LogP contribution in [0.2, 0.25) is 0 Å². The molecule has 0 aliphatic carbocycles. The smallest absolute Gasteiger partial charge is 0.412 e. The molecule has 0 aliphatic rings. The predicted octanol–water partition coefficient (Wildman–Crippen LogP) is 5.82. The van der Waals surface area contributed by atoms with E-state index >= 15 is 0 Å². The number of nitrogens with one attached hydrogen (secondary N) is 3. The zero-order valence-electron chi connectivity index (χ0n) is 19.7. The third-order valence-corrected chi connectivity index (χ3v) is 4.61. The topological polar surface area (TPSA) is 106 Å². The van der Waals surface area contributed by atoms with Crippen LogP contribution in [0.15, 0.2) is 60.7 Å². The van der Waals surface area contributed by atoms with E-state index < -0.39 is 23.6 Å². The molecule has 0 spiro atoms. The molecule has 0 atom stereocenters. The van der Waals surface area contributed by atoms with E-state index in [4.69, 9.17) is 9.47 Å². The summed E-state index contributed by atoms with van der Waals surface area (Å²) in [6.45, 7) is 7.30. The summed E-state index contributed by atoms with van der Waals surface area (Å²) in [5, 5.41) is 10.6. The summed E-state index contributed by atoms with van der Waals surface area (Å²) >= 11 is 0. The molecule has 0 bridgehead atoms. The fourth-order valence-corrected chi connectivity index (χ4v) is 3.25. The molecule has 178 valence electrons. The highest BCUT2D eigenvalue weighted by molar-refractivity contribution is 6.10. The van der Waals surface area contributed by atoms with Gasteiger partial charge in [-0.25, -0.2) is 4.79 Å². The van der Waals surface area contributed by atoms with Crippen molar-refractivity contribution in [2.24, 2.45) is 0 Å². The molecule has 0 fully saturated rings. The minimum absolute atomic E-state index is 0.214. The van der Waals surface area contributed by atoms with Crippen LogP contribution in [-0.4, -0.2) is 30.2 Å². The molecule has 8 heteroatoms. The summed E-state index contributed by atoms with van der Waals surface area (Å²) in [4.78, 5) is 36.2. The fraction of sp³-hybridized carbons (Fsp3) is 0.269. The van der Waals surface area contributed by atoms with E-state index in [1.54, 1.807) is 52.0 Å². The molecule has 0 saturated carbocycles. The van der Waals surface area contributed by atoms with Crippen LogP contribution in [0.5, 0.6) is 0 Å². The highest BCUT2D eigenvalue weighted by Gasteiger charge is 2.17. The normalized spacial score (nSPS) is 10.9. The van der Waals surface area contributed by atoms with Crippen molar-refractivity contribution in [1.29, 1.82) is 0 Å². The number of amides is 2. The molecule has 0 saturated heterocycles. The van der Waals surface area contributed by atoms with Gasteiger partial charge in [0.15, 0.2) is 0 Å². The molecule has 3 aromatic carbocycles. The second kappa shape index (κ2) is 10.7. The van der Waals surface area contributed by atoms with Gasteiger partial charge in [-0.15, -0.1) is 0 Å². The first-order valence-corrected chi connectivity index (χ1v) is 11.0. The molecule has 3 aromatic rings. The molecular formula is C26H29N3O5. The van der Waals surface area contributed by atoms with Crippen LogP contribution in [0, 0.1) is 0 Å². The Morgan fingerprint density at radius 1 is 0.853 bits per heavy atom. The SMILES string of the molecule is CCOC(=O)CC(=O)Nc1c(Nc2ccc(NC(=O)OC(C)(C)C)cc2)ccc2ccccc12. The van der Waals surface area contributed by atoms with Gasteiger partial charge in [-0.3, -0.25) is 14.9 Å². The maximum Gasteiger partial charge on any atom is 0.412 e. The van der Waals surface area contributed by atoms with Crippen LogP contribution in [-0.2, 0) is 19.1 Å². The maximum absolute atomic E-state index is 12.5. The van der Waals surface area contributed by atoms with Crippen LogP contribution in [0.1, 0.15) is 34.1 Å². The number of benzene rings is 3. The van der Waals surface area contributed by atoms with Crippen LogP contribution >= 0.6 is 0 Å². The molecular weight excluding hydrogens is 434 g/mol. The standard InChI is InChI=1S/C26H29N3O5/c1-5-33-23(31)16-22(30)29-24-20-9-7-6-8-17(20)10-15-21(24)27-18-11-13-19(14-12-18)28-25(32)34-26(2,3)4/h6-15,27H,5,16H2,1-4H3,(H,28,32)(H,29,30). The van der Waals surface area contributed by atoms with Crippen molar-refractivity contribution in [1.82, 2.24) is 0 Å². The lowest BCUT2D eigenvalue weighted by Crippen LogP contribution is -2.27. The van der Waals surface area contributed by atoms with Crippen LogP contribution in [0.3, 0.4) is 0 Å². The van der Waals surface area contributed by atoms with Crippen molar-refractivity contribution in [2.45, 2.75) is 39.7 Å². The average molecular weight is 464 g/mol. The predicted molar refractivity (Wildman–Crippen MR) is 133 cm³/mol. The van der Waals surface area contributed by atoms with Crippen molar-refractivity contribution < 1.29 is 23.9 Å². The summed E-state index contributed by atoms with van der Waals surface area (Å²) < 4.78 is 10.1.